The Morgan fingerprint density at radius 1 is 1.44 bits per heavy atom. The van der Waals surface area contributed by atoms with Gasteiger partial charge in [-0.3, -0.25) is 4.79 Å². The molecule has 2 N–H and O–H groups in total. The van der Waals surface area contributed by atoms with Gasteiger partial charge >= 0.3 is 0 Å². The zero-order valence-corrected chi connectivity index (χ0v) is 10.3. The Morgan fingerprint density at radius 3 is 3.00 bits per heavy atom. The Hall–Kier alpha value is -2.05. The molecule has 2 heterocycles. The molecule has 0 atom stereocenters. The van der Waals surface area contributed by atoms with Crippen molar-refractivity contribution in [3.8, 4) is 0 Å². The summed E-state index contributed by atoms with van der Waals surface area (Å²) in [6, 6.07) is 0. The molecule has 0 fully saturated rings. The zero-order valence-electron chi connectivity index (χ0n) is 9.46. The lowest BCUT2D eigenvalue weighted by Crippen LogP contribution is -2.28. The highest BCUT2D eigenvalue weighted by molar-refractivity contribution is 7.18. The summed E-state index contributed by atoms with van der Waals surface area (Å²) in [5, 5.41) is 3.93. The monoisotopic (exact) mass is 262 g/mol. The molecule has 0 unspecified atom stereocenters. The summed E-state index contributed by atoms with van der Waals surface area (Å²) >= 11 is 1.50. The molecule has 8 heteroatoms. The minimum Gasteiger partial charge on any atom is -0.335 e. The summed E-state index contributed by atoms with van der Waals surface area (Å²) in [6.45, 7) is 0. The Balaban J connectivity index is 2.40. The van der Waals surface area contributed by atoms with Crippen molar-refractivity contribution in [1.29, 1.82) is 0 Å². The van der Waals surface area contributed by atoms with Gasteiger partial charge in [0.15, 0.2) is 0 Å². The second-order valence-corrected chi connectivity index (χ2v) is 5.25. The maximum atomic E-state index is 12.2. The van der Waals surface area contributed by atoms with E-state index < -0.39 is 0 Å². The Morgan fingerprint density at radius 2 is 2.22 bits per heavy atom. The van der Waals surface area contributed by atoms with E-state index in [1.165, 1.54) is 16.2 Å². The lowest BCUT2D eigenvalue weighted by Gasteiger charge is -2.10. The van der Waals surface area contributed by atoms with Crippen molar-refractivity contribution in [3.05, 3.63) is 31.2 Å². The molecule has 3 rings (SSSR count). The van der Waals surface area contributed by atoms with Gasteiger partial charge in [0.05, 0.1) is 5.39 Å². The minimum atomic E-state index is -0.332. The van der Waals surface area contributed by atoms with Crippen molar-refractivity contribution in [2.75, 3.05) is 5.84 Å². The third-order valence-corrected chi connectivity index (χ3v) is 4.32. The Labute approximate surface area is 105 Å². The number of nitrogen functional groups attached to an aromatic ring is 1. The van der Waals surface area contributed by atoms with Gasteiger partial charge in [0.2, 0.25) is 5.95 Å². The van der Waals surface area contributed by atoms with Crippen LogP contribution >= 0.6 is 11.3 Å². The van der Waals surface area contributed by atoms with Crippen molar-refractivity contribution in [1.82, 2.24) is 9.66 Å². The van der Waals surface area contributed by atoms with E-state index in [0.29, 0.717) is 10.2 Å². The minimum absolute atomic E-state index is 0.0893. The molecule has 0 aromatic carbocycles. The summed E-state index contributed by atoms with van der Waals surface area (Å²) in [4.78, 5) is 20.8. The van der Waals surface area contributed by atoms with E-state index >= 15 is 0 Å². The predicted molar refractivity (Wildman–Crippen MR) is 69.5 cm³/mol. The molecule has 0 spiro atoms. The molecule has 18 heavy (non-hydrogen) atoms. The van der Waals surface area contributed by atoms with Crippen molar-refractivity contribution in [2.45, 2.75) is 25.7 Å². The van der Waals surface area contributed by atoms with Crippen LogP contribution in [0.5, 0.6) is 0 Å². The summed E-state index contributed by atoms with van der Waals surface area (Å²) in [5.41, 5.74) is 9.16. The number of azide groups is 1. The second kappa shape index (κ2) is 4.01. The van der Waals surface area contributed by atoms with Crippen molar-refractivity contribution >= 4 is 27.5 Å². The van der Waals surface area contributed by atoms with Gasteiger partial charge in [0.1, 0.15) is 4.83 Å². The van der Waals surface area contributed by atoms with Gasteiger partial charge in [-0.1, -0.05) is 0 Å². The van der Waals surface area contributed by atoms with Crippen LogP contribution in [-0.4, -0.2) is 9.66 Å². The normalized spacial score (nSPS) is 14.2. The predicted octanol–water partition coefficient (Wildman–Crippen LogP) is 1.99. The van der Waals surface area contributed by atoms with Crippen molar-refractivity contribution in [2.24, 2.45) is 5.11 Å². The maximum absolute atomic E-state index is 12.2. The highest BCUT2D eigenvalue weighted by Crippen LogP contribution is 2.34. The number of aromatic nitrogens is 2. The zero-order chi connectivity index (χ0) is 12.7. The van der Waals surface area contributed by atoms with Gasteiger partial charge in [-0.25, -0.2) is 9.66 Å². The standard InChI is InChI=1S/C10H10N6OS/c11-15-14-10-13-8-7(9(17)16(10)12)5-3-1-2-4-6(5)18-8/h1-4,12H2. The first kappa shape index (κ1) is 11.1. The quantitative estimate of drug-likeness (QED) is 0.367. The molecule has 0 saturated heterocycles. The smallest absolute Gasteiger partial charge is 0.281 e. The van der Waals surface area contributed by atoms with E-state index in [1.807, 2.05) is 0 Å². The Kier molecular flexibility index (Phi) is 2.46. The van der Waals surface area contributed by atoms with Crippen LogP contribution in [0.3, 0.4) is 0 Å². The second-order valence-electron chi connectivity index (χ2n) is 4.17. The first-order valence-corrected chi connectivity index (χ1v) is 6.41. The van der Waals surface area contributed by atoms with Crippen LogP contribution in [0.25, 0.3) is 20.7 Å². The lowest BCUT2D eigenvalue weighted by molar-refractivity contribution is 0.699. The molecule has 0 amide bonds. The average Bonchev–Trinajstić information content (AvgIpc) is 2.74. The van der Waals surface area contributed by atoms with Crippen LogP contribution in [0.15, 0.2) is 9.91 Å². The molecule has 0 aliphatic heterocycles. The number of nitrogens with zero attached hydrogens (tertiary/aromatic N) is 5. The highest BCUT2D eigenvalue weighted by Gasteiger charge is 2.20. The van der Waals surface area contributed by atoms with Gasteiger partial charge in [-0.2, -0.15) is 0 Å². The summed E-state index contributed by atoms with van der Waals surface area (Å²) in [5.74, 6) is 5.52. The number of aryl methyl sites for hydroxylation is 2. The van der Waals surface area contributed by atoms with Gasteiger partial charge < -0.3 is 5.84 Å². The van der Waals surface area contributed by atoms with E-state index in [0.717, 1.165) is 35.9 Å². The third kappa shape index (κ3) is 1.47. The summed E-state index contributed by atoms with van der Waals surface area (Å²) < 4.78 is 0.823. The number of rotatable bonds is 1. The lowest BCUT2D eigenvalue weighted by atomic mass is 9.97. The Bertz CT molecular complexity index is 739. The molecular formula is C10H10N6OS. The van der Waals surface area contributed by atoms with Crippen LogP contribution in [0.4, 0.5) is 5.95 Å². The molecule has 1 aliphatic rings. The first-order valence-electron chi connectivity index (χ1n) is 5.60. The largest absolute Gasteiger partial charge is 0.335 e. The highest BCUT2D eigenvalue weighted by atomic mass is 32.1. The fraction of sp³-hybridized carbons (Fsp3) is 0.400. The van der Waals surface area contributed by atoms with E-state index in [2.05, 4.69) is 15.0 Å². The van der Waals surface area contributed by atoms with Crippen LogP contribution in [0, 0.1) is 0 Å². The van der Waals surface area contributed by atoms with Crippen LogP contribution in [-0.2, 0) is 12.8 Å². The van der Waals surface area contributed by atoms with E-state index in [1.54, 1.807) is 0 Å². The molecule has 2 aromatic heterocycles. The van der Waals surface area contributed by atoms with Gasteiger partial charge in [-0.15, -0.1) is 11.3 Å². The summed E-state index contributed by atoms with van der Waals surface area (Å²) in [6.07, 6.45) is 4.10. The van der Waals surface area contributed by atoms with E-state index in [4.69, 9.17) is 11.4 Å². The van der Waals surface area contributed by atoms with Gasteiger partial charge in [-0.05, 0) is 41.9 Å². The molecule has 0 bridgehead atoms. The molecule has 0 radical (unpaired) electrons. The van der Waals surface area contributed by atoms with Crippen LogP contribution in [0.2, 0.25) is 0 Å². The van der Waals surface area contributed by atoms with Crippen molar-refractivity contribution in [3.63, 3.8) is 0 Å². The molecule has 1 aliphatic carbocycles. The van der Waals surface area contributed by atoms with Crippen LogP contribution < -0.4 is 11.4 Å². The topological polar surface area (TPSA) is 110 Å². The first-order chi connectivity index (χ1) is 8.72. The molecule has 2 aromatic rings. The molecule has 7 nitrogen and oxygen atoms in total. The molecule has 92 valence electrons. The number of hydrogen-bond donors (Lipinski definition) is 1. The van der Waals surface area contributed by atoms with E-state index in [9.17, 15) is 4.79 Å². The number of fused-ring (bicyclic) bond motifs is 3. The average molecular weight is 262 g/mol. The van der Waals surface area contributed by atoms with Gasteiger partial charge in [0, 0.05) is 9.79 Å². The van der Waals surface area contributed by atoms with Crippen molar-refractivity contribution < 1.29 is 0 Å². The number of hydrogen-bond acceptors (Lipinski definition) is 5. The number of nitrogens with two attached hydrogens (primary N) is 1. The maximum Gasteiger partial charge on any atom is 0.281 e. The fourth-order valence-corrected chi connectivity index (χ4v) is 3.56. The third-order valence-electron chi connectivity index (χ3n) is 3.14. The fourth-order valence-electron chi connectivity index (χ4n) is 2.32. The molecular weight excluding hydrogens is 252 g/mol. The number of thiophene rings is 1. The van der Waals surface area contributed by atoms with Gasteiger partial charge in [0.25, 0.3) is 5.56 Å². The molecule has 0 saturated carbocycles. The SMILES string of the molecule is [N-]=[N+]=Nc1nc2sc3c(c2c(=O)n1N)CCCC3. The van der Waals surface area contributed by atoms with E-state index in [-0.39, 0.29) is 11.5 Å². The summed E-state index contributed by atoms with van der Waals surface area (Å²) in [7, 11) is 0. The van der Waals surface area contributed by atoms with Crippen LogP contribution in [0.1, 0.15) is 23.3 Å².